The summed E-state index contributed by atoms with van der Waals surface area (Å²) in [5.74, 6) is -1.05. The molecule has 1 aromatic rings. The number of aromatic hydroxyl groups is 1. The summed E-state index contributed by atoms with van der Waals surface area (Å²) in [4.78, 5) is 15.1. The number of nitrogens with zero attached hydrogens (tertiary/aromatic N) is 1. The molecule has 0 radical (unpaired) electrons. The first kappa shape index (κ1) is 19.1. The minimum Gasteiger partial charge on any atom is -0.507 e. The maximum absolute atomic E-state index is 13.7. The average molecular weight is 364 g/mol. The maximum atomic E-state index is 13.7. The third-order valence-electron chi connectivity index (χ3n) is 5.74. The fraction of sp³-hybridized carbons (Fsp3) is 0.650. The molecule has 3 N–H and O–H groups in total. The van der Waals surface area contributed by atoms with Gasteiger partial charge in [0.2, 0.25) is 0 Å². The molecule has 2 fully saturated rings. The summed E-state index contributed by atoms with van der Waals surface area (Å²) in [5.41, 5.74) is -0.0694. The number of piperidine rings is 1. The SMILES string of the molecule is O=C(N[C@@H]1CCCC[C@H]1CN1CCCCC1)c1cc(F)cc(CO)c1O. The summed E-state index contributed by atoms with van der Waals surface area (Å²) in [6.45, 7) is 2.73. The van der Waals surface area contributed by atoms with Gasteiger partial charge in [-0.05, 0) is 56.8 Å². The average Bonchev–Trinajstić information content (AvgIpc) is 2.65. The second-order valence-corrected chi connectivity index (χ2v) is 7.60. The Morgan fingerprint density at radius 1 is 1.15 bits per heavy atom. The van der Waals surface area contributed by atoms with Crippen LogP contribution in [0.2, 0.25) is 0 Å². The van der Waals surface area contributed by atoms with Crippen molar-refractivity contribution in [2.24, 2.45) is 5.92 Å². The van der Waals surface area contributed by atoms with Gasteiger partial charge in [-0.15, -0.1) is 0 Å². The van der Waals surface area contributed by atoms with Crippen molar-refractivity contribution in [3.63, 3.8) is 0 Å². The van der Waals surface area contributed by atoms with Crippen LogP contribution < -0.4 is 5.32 Å². The number of rotatable bonds is 5. The smallest absolute Gasteiger partial charge is 0.255 e. The number of aliphatic hydroxyl groups is 1. The number of carbonyl (C=O) groups excluding carboxylic acids is 1. The molecule has 2 aliphatic rings. The van der Waals surface area contributed by atoms with Gasteiger partial charge in [0.15, 0.2) is 0 Å². The zero-order chi connectivity index (χ0) is 18.5. The highest BCUT2D eigenvalue weighted by atomic mass is 19.1. The molecule has 6 heteroatoms. The number of halogens is 1. The molecule has 1 aromatic carbocycles. The Balaban J connectivity index is 1.69. The number of hydrogen-bond donors (Lipinski definition) is 3. The van der Waals surface area contributed by atoms with Gasteiger partial charge in [0, 0.05) is 18.2 Å². The van der Waals surface area contributed by atoms with Crippen LogP contribution in [0.25, 0.3) is 0 Å². The van der Waals surface area contributed by atoms with Crippen LogP contribution in [-0.4, -0.2) is 46.7 Å². The van der Waals surface area contributed by atoms with Crippen LogP contribution in [0.5, 0.6) is 5.75 Å². The molecule has 0 aromatic heterocycles. The van der Waals surface area contributed by atoms with Crippen molar-refractivity contribution in [1.29, 1.82) is 0 Å². The van der Waals surface area contributed by atoms with E-state index < -0.39 is 18.3 Å². The fourth-order valence-electron chi connectivity index (χ4n) is 4.29. The lowest BCUT2D eigenvalue weighted by Gasteiger charge is -2.37. The number of hydrogen-bond acceptors (Lipinski definition) is 4. The summed E-state index contributed by atoms with van der Waals surface area (Å²) >= 11 is 0. The van der Waals surface area contributed by atoms with Gasteiger partial charge in [0.1, 0.15) is 11.6 Å². The van der Waals surface area contributed by atoms with Crippen molar-refractivity contribution >= 4 is 5.91 Å². The first-order valence-corrected chi connectivity index (χ1v) is 9.74. The summed E-state index contributed by atoms with van der Waals surface area (Å²) in [7, 11) is 0. The van der Waals surface area contributed by atoms with Gasteiger partial charge in [0.05, 0.1) is 12.2 Å². The number of likely N-dealkylation sites (tertiary alicyclic amines) is 1. The van der Waals surface area contributed by atoms with Crippen LogP contribution >= 0.6 is 0 Å². The van der Waals surface area contributed by atoms with Gasteiger partial charge < -0.3 is 20.4 Å². The third kappa shape index (κ3) is 4.54. The van der Waals surface area contributed by atoms with Crippen LogP contribution in [0.4, 0.5) is 4.39 Å². The second-order valence-electron chi connectivity index (χ2n) is 7.60. The summed E-state index contributed by atoms with van der Waals surface area (Å²) in [5, 5.41) is 22.4. The number of aliphatic hydroxyl groups excluding tert-OH is 1. The van der Waals surface area contributed by atoms with Crippen molar-refractivity contribution in [2.75, 3.05) is 19.6 Å². The van der Waals surface area contributed by atoms with Crippen LogP contribution in [0.3, 0.4) is 0 Å². The molecule has 0 unspecified atom stereocenters. The molecule has 1 saturated heterocycles. The van der Waals surface area contributed by atoms with E-state index in [1.54, 1.807) is 0 Å². The number of benzene rings is 1. The lowest BCUT2D eigenvalue weighted by atomic mass is 9.83. The molecule has 1 aliphatic heterocycles. The van der Waals surface area contributed by atoms with Crippen molar-refractivity contribution in [1.82, 2.24) is 10.2 Å². The predicted octanol–water partition coefficient (Wildman–Crippen LogP) is 2.80. The fourth-order valence-corrected chi connectivity index (χ4v) is 4.29. The van der Waals surface area contributed by atoms with E-state index in [0.29, 0.717) is 5.92 Å². The van der Waals surface area contributed by atoms with Gasteiger partial charge in [-0.3, -0.25) is 4.79 Å². The zero-order valence-electron chi connectivity index (χ0n) is 15.2. The van der Waals surface area contributed by atoms with Gasteiger partial charge in [-0.25, -0.2) is 4.39 Å². The molecular formula is C20H29FN2O3. The van der Waals surface area contributed by atoms with Crippen molar-refractivity contribution < 1.29 is 19.4 Å². The van der Waals surface area contributed by atoms with Crippen LogP contribution in [0, 0.1) is 11.7 Å². The molecule has 1 aliphatic carbocycles. The van der Waals surface area contributed by atoms with E-state index in [4.69, 9.17) is 0 Å². The van der Waals surface area contributed by atoms with Gasteiger partial charge in [-0.1, -0.05) is 19.3 Å². The number of carbonyl (C=O) groups is 1. The Morgan fingerprint density at radius 3 is 2.62 bits per heavy atom. The molecule has 1 amide bonds. The lowest BCUT2D eigenvalue weighted by molar-refractivity contribution is 0.0874. The second kappa shape index (κ2) is 8.82. The van der Waals surface area contributed by atoms with Gasteiger partial charge in [-0.2, -0.15) is 0 Å². The first-order chi connectivity index (χ1) is 12.6. The van der Waals surface area contributed by atoms with Crippen molar-refractivity contribution in [3.8, 4) is 5.75 Å². The lowest BCUT2D eigenvalue weighted by Crippen LogP contribution is -2.47. The molecule has 1 saturated carbocycles. The van der Waals surface area contributed by atoms with E-state index >= 15 is 0 Å². The highest BCUT2D eigenvalue weighted by Crippen LogP contribution is 2.28. The quantitative estimate of drug-likeness (QED) is 0.751. The van der Waals surface area contributed by atoms with E-state index in [1.165, 1.54) is 25.7 Å². The number of phenols is 1. The molecule has 5 nitrogen and oxygen atoms in total. The molecule has 2 atom stereocenters. The highest BCUT2D eigenvalue weighted by Gasteiger charge is 2.29. The first-order valence-electron chi connectivity index (χ1n) is 9.74. The molecule has 1 heterocycles. The van der Waals surface area contributed by atoms with E-state index in [2.05, 4.69) is 10.2 Å². The van der Waals surface area contributed by atoms with Crippen molar-refractivity contribution in [3.05, 3.63) is 29.1 Å². The Morgan fingerprint density at radius 2 is 1.88 bits per heavy atom. The third-order valence-corrected chi connectivity index (χ3v) is 5.74. The molecule has 0 spiro atoms. The Hall–Kier alpha value is -1.66. The summed E-state index contributed by atoms with van der Waals surface area (Å²) in [6, 6.07) is 2.12. The van der Waals surface area contributed by atoms with Crippen LogP contribution in [0.1, 0.15) is 60.9 Å². The Bertz CT molecular complexity index is 632. The van der Waals surface area contributed by atoms with Crippen molar-refractivity contribution in [2.45, 2.75) is 57.6 Å². The Kier molecular flexibility index (Phi) is 6.48. The number of amides is 1. The molecular weight excluding hydrogens is 335 g/mol. The normalized spacial score (nSPS) is 24.4. The monoisotopic (exact) mass is 364 g/mol. The van der Waals surface area contributed by atoms with E-state index in [1.807, 2.05) is 0 Å². The van der Waals surface area contributed by atoms with E-state index in [9.17, 15) is 19.4 Å². The molecule has 26 heavy (non-hydrogen) atoms. The molecule has 0 bridgehead atoms. The van der Waals surface area contributed by atoms with Gasteiger partial charge in [0.25, 0.3) is 5.91 Å². The molecule has 3 rings (SSSR count). The molecule has 144 valence electrons. The standard InChI is InChI=1S/C20H29FN2O3/c21-16-10-15(13-24)19(25)17(11-16)20(26)22-18-7-3-2-6-14(18)12-23-8-4-1-5-9-23/h10-11,14,18,24-25H,1-9,12-13H2,(H,22,26)/t14-,18+/m0/s1. The minimum absolute atomic E-state index is 0.0312. The number of nitrogens with one attached hydrogen (secondary N) is 1. The summed E-state index contributed by atoms with van der Waals surface area (Å²) < 4.78 is 13.7. The maximum Gasteiger partial charge on any atom is 0.255 e. The largest absolute Gasteiger partial charge is 0.507 e. The Labute approximate surface area is 154 Å². The van der Waals surface area contributed by atoms with E-state index in [0.717, 1.165) is 51.0 Å². The minimum atomic E-state index is -0.634. The topological polar surface area (TPSA) is 72.8 Å². The summed E-state index contributed by atoms with van der Waals surface area (Å²) in [6.07, 6.45) is 8.01. The van der Waals surface area contributed by atoms with Crippen LogP contribution in [-0.2, 0) is 6.61 Å². The van der Waals surface area contributed by atoms with Gasteiger partial charge >= 0.3 is 0 Å². The highest BCUT2D eigenvalue weighted by molar-refractivity contribution is 5.97. The zero-order valence-corrected chi connectivity index (χ0v) is 15.2. The van der Waals surface area contributed by atoms with E-state index in [-0.39, 0.29) is 22.9 Å². The predicted molar refractivity (Wildman–Crippen MR) is 97.5 cm³/mol. The van der Waals surface area contributed by atoms with Crippen LogP contribution in [0.15, 0.2) is 12.1 Å².